The van der Waals surface area contributed by atoms with Gasteiger partial charge < -0.3 is 4.42 Å². The van der Waals surface area contributed by atoms with Crippen LogP contribution in [0, 0.1) is 10.1 Å². The van der Waals surface area contributed by atoms with E-state index >= 15 is 0 Å². The summed E-state index contributed by atoms with van der Waals surface area (Å²) < 4.78 is 4.96. The van der Waals surface area contributed by atoms with Gasteiger partial charge in [0.1, 0.15) is 16.3 Å². The summed E-state index contributed by atoms with van der Waals surface area (Å²) in [5.41, 5.74) is 0.999. The molecule has 0 radical (unpaired) electrons. The highest BCUT2D eigenvalue weighted by Crippen LogP contribution is 2.26. The minimum Gasteiger partial charge on any atom is -0.401 e. The molecule has 1 aliphatic rings. The van der Waals surface area contributed by atoms with Gasteiger partial charge in [-0.05, 0) is 42.2 Å². The molecule has 144 valence electrons. The van der Waals surface area contributed by atoms with Gasteiger partial charge in [0.25, 0.3) is 11.8 Å². The smallest absolute Gasteiger partial charge is 0.401 e. The van der Waals surface area contributed by atoms with E-state index in [0.717, 1.165) is 29.0 Å². The lowest BCUT2D eigenvalue weighted by Crippen LogP contribution is -2.54. The lowest BCUT2D eigenvalue weighted by molar-refractivity contribution is -0.402. The van der Waals surface area contributed by atoms with Crippen LogP contribution in [0.15, 0.2) is 46.4 Å². The van der Waals surface area contributed by atoms with E-state index in [-0.39, 0.29) is 11.3 Å². The number of benzene rings is 1. The number of nitro groups is 1. The highest BCUT2D eigenvalue weighted by molar-refractivity contribution is 6.39. The molecule has 2 heterocycles. The molecular formula is C19H17N3O6. The molecule has 1 atom stereocenters. The number of imide groups is 2. The Hall–Kier alpha value is -3.75. The fraction of sp³-hybridized carbons (Fsp3) is 0.211. The Morgan fingerprint density at radius 1 is 1.18 bits per heavy atom. The van der Waals surface area contributed by atoms with E-state index in [1.54, 1.807) is 12.1 Å². The summed E-state index contributed by atoms with van der Waals surface area (Å²) in [6.45, 7) is 4.12. The standard InChI is InChI=1S/C19H17N3O6/c1-3-11(2)12-4-6-13(7-5-12)21-18(24)15(17(23)20-19(21)25)10-14-8-9-16(28-14)22(26)27/h4-11H,3H2,1-2H3,(H,20,23,25). The third-order valence-corrected chi connectivity index (χ3v) is 4.51. The number of nitrogens with zero attached hydrogens (tertiary/aromatic N) is 2. The van der Waals surface area contributed by atoms with Gasteiger partial charge in [0.2, 0.25) is 0 Å². The highest BCUT2D eigenvalue weighted by atomic mass is 16.6. The van der Waals surface area contributed by atoms with Crippen molar-refractivity contribution >= 4 is 35.5 Å². The maximum absolute atomic E-state index is 12.8. The average molecular weight is 383 g/mol. The number of carbonyl (C=O) groups excluding carboxylic acids is 3. The lowest BCUT2D eigenvalue weighted by atomic mass is 9.98. The predicted molar refractivity (Wildman–Crippen MR) is 99.5 cm³/mol. The van der Waals surface area contributed by atoms with Crippen molar-refractivity contribution in [1.82, 2.24) is 5.32 Å². The first kappa shape index (κ1) is 19.0. The summed E-state index contributed by atoms with van der Waals surface area (Å²) in [5.74, 6) is -1.99. The third kappa shape index (κ3) is 3.54. The van der Waals surface area contributed by atoms with Crippen LogP contribution in [-0.2, 0) is 9.59 Å². The van der Waals surface area contributed by atoms with Crippen molar-refractivity contribution in [1.29, 1.82) is 0 Å². The van der Waals surface area contributed by atoms with Crippen LogP contribution >= 0.6 is 0 Å². The molecule has 28 heavy (non-hydrogen) atoms. The quantitative estimate of drug-likeness (QED) is 0.365. The summed E-state index contributed by atoms with van der Waals surface area (Å²) in [6.07, 6.45) is 2.01. The van der Waals surface area contributed by atoms with Crippen LogP contribution < -0.4 is 10.2 Å². The number of anilines is 1. The van der Waals surface area contributed by atoms with E-state index in [1.807, 2.05) is 12.1 Å². The second kappa shape index (κ2) is 7.47. The molecule has 0 aliphatic carbocycles. The summed E-state index contributed by atoms with van der Waals surface area (Å²) in [5, 5.41) is 12.8. The van der Waals surface area contributed by atoms with Gasteiger partial charge in [0.05, 0.1) is 11.8 Å². The molecule has 1 unspecified atom stereocenters. The van der Waals surface area contributed by atoms with E-state index in [1.165, 1.54) is 6.07 Å². The van der Waals surface area contributed by atoms with Crippen molar-refractivity contribution in [2.75, 3.05) is 4.90 Å². The number of barbiturate groups is 1. The van der Waals surface area contributed by atoms with Crippen molar-refractivity contribution in [2.45, 2.75) is 26.2 Å². The van der Waals surface area contributed by atoms with Crippen LogP contribution in [0.2, 0.25) is 0 Å². The SMILES string of the molecule is CCC(C)c1ccc(N2C(=O)NC(=O)C(=Cc3ccc([N+](=O)[O-])o3)C2=O)cc1. The summed E-state index contributed by atoms with van der Waals surface area (Å²) in [4.78, 5) is 47.9. The minimum absolute atomic E-state index is 0.0494. The van der Waals surface area contributed by atoms with Gasteiger partial charge in [-0.15, -0.1) is 0 Å². The zero-order chi connectivity index (χ0) is 20.4. The molecule has 2 aromatic rings. The first-order chi connectivity index (χ1) is 13.3. The fourth-order valence-electron chi connectivity index (χ4n) is 2.74. The van der Waals surface area contributed by atoms with Crippen molar-refractivity contribution in [3.05, 3.63) is 63.4 Å². The van der Waals surface area contributed by atoms with Crippen molar-refractivity contribution in [3.63, 3.8) is 0 Å². The number of rotatable bonds is 5. The molecular weight excluding hydrogens is 366 g/mol. The van der Waals surface area contributed by atoms with Gasteiger partial charge in [0.15, 0.2) is 0 Å². The molecule has 9 heteroatoms. The van der Waals surface area contributed by atoms with Gasteiger partial charge in [-0.3, -0.25) is 25.0 Å². The van der Waals surface area contributed by atoms with Gasteiger partial charge in [0, 0.05) is 0 Å². The Balaban J connectivity index is 1.93. The molecule has 1 aliphatic heterocycles. The van der Waals surface area contributed by atoms with Gasteiger partial charge >= 0.3 is 11.9 Å². The van der Waals surface area contributed by atoms with E-state index in [4.69, 9.17) is 4.42 Å². The van der Waals surface area contributed by atoms with Crippen LogP contribution in [0.1, 0.15) is 37.5 Å². The molecule has 9 nitrogen and oxygen atoms in total. The largest absolute Gasteiger partial charge is 0.433 e. The molecule has 1 aromatic carbocycles. The number of nitrogens with one attached hydrogen (secondary N) is 1. The summed E-state index contributed by atoms with van der Waals surface area (Å²) >= 11 is 0. The Labute approximate surface area is 159 Å². The Morgan fingerprint density at radius 3 is 2.43 bits per heavy atom. The molecule has 0 spiro atoms. The fourth-order valence-corrected chi connectivity index (χ4v) is 2.74. The van der Waals surface area contributed by atoms with Gasteiger partial charge in [-0.2, -0.15) is 0 Å². The number of amides is 4. The molecule has 1 aromatic heterocycles. The third-order valence-electron chi connectivity index (χ3n) is 4.51. The second-order valence-electron chi connectivity index (χ2n) is 6.29. The average Bonchev–Trinajstić information content (AvgIpc) is 3.14. The zero-order valence-electron chi connectivity index (χ0n) is 15.2. The maximum Gasteiger partial charge on any atom is 0.433 e. The minimum atomic E-state index is -0.901. The maximum atomic E-state index is 12.8. The summed E-state index contributed by atoms with van der Waals surface area (Å²) in [6, 6.07) is 8.39. The highest BCUT2D eigenvalue weighted by Gasteiger charge is 2.37. The normalized spacial score (nSPS) is 17.0. The first-order valence-corrected chi connectivity index (χ1v) is 8.57. The predicted octanol–water partition coefficient (Wildman–Crippen LogP) is 3.37. The van der Waals surface area contributed by atoms with Gasteiger partial charge in [-0.1, -0.05) is 26.0 Å². The monoisotopic (exact) mass is 383 g/mol. The molecule has 0 bridgehead atoms. The van der Waals surface area contributed by atoms with Crippen LogP contribution in [0.3, 0.4) is 0 Å². The van der Waals surface area contributed by atoms with Crippen LogP contribution in [0.5, 0.6) is 0 Å². The number of furan rings is 1. The van der Waals surface area contributed by atoms with E-state index in [9.17, 15) is 24.5 Å². The molecule has 3 rings (SSSR count). The van der Waals surface area contributed by atoms with Crippen molar-refractivity contribution in [2.24, 2.45) is 0 Å². The molecule has 1 saturated heterocycles. The van der Waals surface area contributed by atoms with E-state index in [0.29, 0.717) is 11.6 Å². The Bertz CT molecular complexity index is 989. The molecule has 1 fully saturated rings. The number of carbonyl (C=O) groups is 3. The summed E-state index contributed by atoms with van der Waals surface area (Å²) in [7, 11) is 0. The van der Waals surface area contributed by atoms with Crippen LogP contribution in [0.25, 0.3) is 6.08 Å². The number of hydrogen-bond acceptors (Lipinski definition) is 6. The van der Waals surface area contributed by atoms with E-state index in [2.05, 4.69) is 19.2 Å². The Kier molecular flexibility index (Phi) is 5.08. The topological polar surface area (TPSA) is 123 Å². The Morgan fingerprint density at radius 2 is 1.86 bits per heavy atom. The first-order valence-electron chi connectivity index (χ1n) is 8.57. The van der Waals surface area contributed by atoms with Gasteiger partial charge in [-0.25, -0.2) is 9.69 Å². The van der Waals surface area contributed by atoms with Crippen LogP contribution in [-0.4, -0.2) is 22.8 Å². The molecule has 0 saturated carbocycles. The van der Waals surface area contributed by atoms with E-state index < -0.39 is 28.7 Å². The molecule has 1 N–H and O–H groups in total. The van der Waals surface area contributed by atoms with Crippen molar-refractivity contribution < 1.29 is 23.7 Å². The molecule has 4 amide bonds. The number of hydrogen-bond donors (Lipinski definition) is 1. The zero-order valence-corrected chi connectivity index (χ0v) is 15.2. The van der Waals surface area contributed by atoms with Crippen molar-refractivity contribution in [3.8, 4) is 0 Å². The second-order valence-corrected chi connectivity index (χ2v) is 6.29. The lowest BCUT2D eigenvalue weighted by Gasteiger charge is -2.26. The van der Waals surface area contributed by atoms with Crippen LogP contribution in [0.4, 0.5) is 16.4 Å². The number of urea groups is 1.